The molecule has 0 radical (unpaired) electrons. The standard InChI is InChI=1S/C16H31NOS/c1-13(12-19(2)18)17-16-11-7-6-10-15(16)14-8-4-3-5-9-14/h13-17H,3-12H2,1-2H3. The molecule has 2 fully saturated rings. The van der Waals surface area contributed by atoms with Crippen molar-refractivity contribution in [1.82, 2.24) is 5.32 Å². The lowest BCUT2D eigenvalue weighted by molar-refractivity contribution is 0.145. The van der Waals surface area contributed by atoms with E-state index in [2.05, 4.69) is 12.2 Å². The van der Waals surface area contributed by atoms with Crippen molar-refractivity contribution in [2.24, 2.45) is 11.8 Å². The highest BCUT2D eigenvalue weighted by molar-refractivity contribution is 7.84. The molecule has 3 heteroatoms. The van der Waals surface area contributed by atoms with Crippen molar-refractivity contribution in [3.8, 4) is 0 Å². The number of hydrogen-bond donors (Lipinski definition) is 1. The molecule has 19 heavy (non-hydrogen) atoms. The Labute approximate surface area is 121 Å². The van der Waals surface area contributed by atoms with E-state index in [9.17, 15) is 4.21 Å². The summed E-state index contributed by atoms with van der Waals surface area (Å²) in [6, 6.07) is 1.09. The first kappa shape index (κ1) is 15.5. The summed E-state index contributed by atoms with van der Waals surface area (Å²) in [5.41, 5.74) is 0. The van der Waals surface area contributed by atoms with E-state index >= 15 is 0 Å². The van der Waals surface area contributed by atoms with Crippen LogP contribution in [0.25, 0.3) is 0 Å². The summed E-state index contributed by atoms with van der Waals surface area (Å²) in [5, 5.41) is 3.80. The van der Waals surface area contributed by atoms with Crippen LogP contribution in [0.2, 0.25) is 0 Å². The number of rotatable bonds is 5. The third-order valence-electron chi connectivity index (χ3n) is 5.06. The van der Waals surface area contributed by atoms with Crippen LogP contribution in [-0.2, 0) is 10.8 Å². The zero-order chi connectivity index (χ0) is 13.7. The van der Waals surface area contributed by atoms with E-state index in [1.807, 2.05) is 6.26 Å². The van der Waals surface area contributed by atoms with E-state index in [0.717, 1.165) is 17.6 Å². The highest BCUT2D eigenvalue weighted by atomic mass is 32.2. The monoisotopic (exact) mass is 285 g/mol. The van der Waals surface area contributed by atoms with Gasteiger partial charge in [-0.3, -0.25) is 4.21 Å². The Morgan fingerprint density at radius 3 is 2.37 bits per heavy atom. The van der Waals surface area contributed by atoms with Gasteiger partial charge in [-0.15, -0.1) is 0 Å². The van der Waals surface area contributed by atoms with Gasteiger partial charge in [0.2, 0.25) is 0 Å². The van der Waals surface area contributed by atoms with Crippen molar-refractivity contribution >= 4 is 10.8 Å². The molecular weight excluding hydrogens is 254 g/mol. The van der Waals surface area contributed by atoms with Crippen molar-refractivity contribution in [2.45, 2.75) is 76.8 Å². The van der Waals surface area contributed by atoms with Gasteiger partial charge in [0, 0.05) is 34.9 Å². The average molecular weight is 285 g/mol. The van der Waals surface area contributed by atoms with E-state index in [0.29, 0.717) is 12.1 Å². The lowest BCUT2D eigenvalue weighted by atomic mass is 9.71. The minimum absolute atomic E-state index is 0.403. The van der Waals surface area contributed by atoms with Crippen molar-refractivity contribution in [2.75, 3.05) is 12.0 Å². The first-order valence-corrected chi connectivity index (χ1v) is 9.95. The Morgan fingerprint density at radius 1 is 1.05 bits per heavy atom. The van der Waals surface area contributed by atoms with Gasteiger partial charge in [0.15, 0.2) is 0 Å². The fourth-order valence-electron chi connectivity index (χ4n) is 4.26. The van der Waals surface area contributed by atoms with E-state index in [4.69, 9.17) is 0 Å². The smallest absolute Gasteiger partial charge is 0.0383 e. The second-order valence-electron chi connectivity index (χ2n) is 6.76. The summed E-state index contributed by atoms with van der Waals surface area (Å²) in [4.78, 5) is 0. The van der Waals surface area contributed by atoms with E-state index in [1.165, 1.54) is 57.8 Å². The number of nitrogens with one attached hydrogen (secondary N) is 1. The van der Waals surface area contributed by atoms with Gasteiger partial charge in [0.25, 0.3) is 0 Å². The average Bonchev–Trinajstić information content (AvgIpc) is 2.39. The Bertz CT molecular complexity index is 288. The molecule has 2 aliphatic rings. The lowest BCUT2D eigenvalue weighted by Gasteiger charge is -2.40. The van der Waals surface area contributed by atoms with Crippen LogP contribution in [0, 0.1) is 11.8 Å². The van der Waals surface area contributed by atoms with Crippen LogP contribution < -0.4 is 5.32 Å². The van der Waals surface area contributed by atoms with Crippen molar-refractivity contribution in [1.29, 1.82) is 0 Å². The molecule has 2 rings (SSSR count). The molecule has 0 amide bonds. The highest BCUT2D eigenvalue weighted by Gasteiger charge is 2.32. The normalized spacial score (nSPS) is 32.9. The lowest BCUT2D eigenvalue weighted by Crippen LogP contribution is -2.47. The summed E-state index contributed by atoms with van der Waals surface area (Å²) in [6.07, 6.45) is 14.6. The molecule has 0 aromatic carbocycles. The minimum Gasteiger partial charge on any atom is -0.310 e. The molecule has 4 atom stereocenters. The van der Waals surface area contributed by atoms with Crippen LogP contribution in [0.15, 0.2) is 0 Å². The van der Waals surface area contributed by atoms with Crippen LogP contribution in [0.3, 0.4) is 0 Å². The first-order valence-electron chi connectivity index (χ1n) is 8.23. The quantitative estimate of drug-likeness (QED) is 0.838. The Balaban J connectivity index is 1.89. The second kappa shape index (κ2) is 7.78. The van der Waals surface area contributed by atoms with Crippen LogP contribution in [0.4, 0.5) is 0 Å². The van der Waals surface area contributed by atoms with Crippen LogP contribution in [0.5, 0.6) is 0 Å². The van der Waals surface area contributed by atoms with Gasteiger partial charge >= 0.3 is 0 Å². The van der Waals surface area contributed by atoms with Crippen molar-refractivity contribution in [3.05, 3.63) is 0 Å². The Hall–Kier alpha value is 0.110. The molecule has 1 N–H and O–H groups in total. The van der Waals surface area contributed by atoms with Crippen LogP contribution in [-0.4, -0.2) is 28.3 Å². The molecule has 2 saturated carbocycles. The van der Waals surface area contributed by atoms with Gasteiger partial charge in [0.1, 0.15) is 0 Å². The van der Waals surface area contributed by atoms with Gasteiger partial charge in [-0.25, -0.2) is 0 Å². The van der Waals surface area contributed by atoms with E-state index < -0.39 is 10.8 Å². The molecule has 2 nitrogen and oxygen atoms in total. The molecular formula is C16H31NOS. The van der Waals surface area contributed by atoms with E-state index in [1.54, 1.807) is 0 Å². The maximum absolute atomic E-state index is 11.4. The summed E-state index contributed by atoms with van der Waals surface area (Å²) in [7, 11) is -0.678. The molecule has 0 bridgehead atoms. The number of hydrogen-bond acceptors (Lipinski definition) is 2. The summed E-state index contributed by atoms with van der Waals surface area (Å²) >= 11 is 0. The van der Waals surface area contributed by atoms with Crippen LogP contribution >= 0.6 is 0 Å². The van der Waals surface area contributed by atoms with E-state index in [-0.39, 0.29) is 0 Å². The summed E-state index contributed by atoms with van der Waals surface area (Å²) in [6.45, 7) is 2.20. The molecule has 112 valence electrons. The zero-order valence-electron chi connectivity index (χ0n) is 12.7. The first-order chi connectivity index (χ1) is 9.16. The summed E-state index contributed by atoms with van der Waals surface area (Å²) < 4.78 is 11.4. The highest BCUT2D eigenvalue weighted by Crippen LogP contribution is 2.38. The molecule has 0 spiro atoms. The maximum atomic E-state index is 11.4. The van der Waals surface area contributed by atoms with Gasteiger partial charge in [0.05, 0.1) is 0 Å². The molecule has 0 saturated heterocycles. The fourth-order valence-corrected chi connectivity index (χ4v) is 5.06. The fraction of sp³-hybridized carbons (Fsp3) is 1.00. The maximum Gasteiger partial charge on any atom is 0.0383 e. The Kier molecular flexibility index (Phi) is 6.34. The van der Waals surface area contributed by atoms with Crippen molar-refractivity contribution in [3.63, 3.8) is 0 Å². The van der Waals surface area contributed by atoms with Gasteiger partial charge in [-0.2, -0.15) is 0 Å². The molecule has 0 aliphatic heterocycles. The molecule has 0 heterocycles. The SMILES string of the molecule is CC(CS(C)=O)NC1CCCCC1C1CCCCC1. The van der Waals surface area contributed by atoms with Gasteiger partial charge in [-0.05, 0) is 31.6 Å². The van der Waals surface area contributed by atoms with Gasteiger partial charge in [-0.1, -0.05) is 44.9 Å². The topological polar surface area (TPSA) is 29.1 Å². The predicted octanol–water partition coefficient (Wildman–Crippen LogP) is 3.48. The third-order valence-corrected chi connectivity index (χ3v) is 6.03. The summed E-state index contributed by atoms with van der Waals surface area (Å²) in [5.74, 6) is 2.65. The van der Waals surface area contributed by atoms with Crippen LogP contribution in [0.1, 0.15) is 64.7 Å². The minimum atomic E-state index is -0.678. The largest absolute Gasteiger partial charge is 0.310 e. The molecule has 4 unspecified atom stereocenters. The third kappa shape index (κ3) is 4.86. The molecule has 2 aliphatic carbocycles. The second-order valence-corrected chi connectivity index (χ2v) is 8.24. The molecule has 0 aromatic rings. The van der Waals surface area contributed by atoms with Gasteiger partial charge < -0.3 is 5.32 Å². The zero-order valence-corrected chi connectivity index (χ0v) is 13.5. The Morgan fingerprint density at radius 2 is 1.68 bits per heavy atom. The predicted molar refractivity (Wildman–Crippen MR) is 83.9 cm³/mol. The van der Waals surface area contributed by atoms with Crippen molar-refractivity contribution < 1.29 is 4.21 Å². The molecule has 0 aromatic heterocycles.